The molecule has 24 heavy (non-hydrogen) atoms. The van der Waals surface area contributed by atoms with Gasteiger partial charge in [0.25, 0.3) is 5.91 Å². The number of rotatable bonds is 6. The van der Waals surface area contributed by atoms with Crippen LogP contribution in [0.2, 0.25) is 0 Å². The number of halogens is 2. The van der Waals surface area contributed by atoms with Crippen molar-refractivity contribution in [2.24, 2.45) is 7.05 Å². The van der Waals surface area contributed by atoms with Gasteiger partial charge in [-0.25, -0.2) is 8.78 Å². The van der Waals surface area contributed by atoms with Gasteiger partial charge < -0.3 is 10.1 Å². The molecule has 2 rings (SSSR count). The first-order valence-electron chi connectivity index (χ1n) is 7.64. The van der Waals surface area contributed by atoms with Crippen molar-refractivity contribution >= 4 is 5.91 Å². The van der Waals surface area contributed by atoms with Gasteiger partial charge in [0.05, 0.1) is 5.69 Å². The fourth-order valence-electron chi connectivity index (χ4n) is 2.52. The molecule has 5 nitrogen and oxygen atoms in total. The van der Waals surface area contributed by atoms with Gasteiger partial charge in [-0.05, 0) is 44.9 Å². The van der Waals surface area contributed by atoms with Gasteiger partial charge in [0, 0.05) is 24.8 Å². The van der Waals surface area contributed by atoms with Crippen molar-refractivity contribution in [2.75, 3.05) is 6.61 Å². The van der Waals surface area contributed by atoms with Crippen LogP contribution in [0, 0.1) is 25.5 Å². The van der Waals surface area contributed by atoms with E-state index in [4.69, 9.17) is 4.74 Å². The van der Waals surface area contributed by atoms with Crippen LogP contribution < -0.4 is 10.1 Å². The summed E-state index contributed by atoms with van der Waals surface area (Å²) in [4.78, 5) is 11.9. The molecule has 1 aromatic heterocycles. The molecule has 1 aromatic carbocycles. The molecular formula is C17H21F2N3O2. The second kappa shape index (κ2) is 7.42. The Morgan fingerprint density at radius 1 is 1.38 bits per heavy atom. The molecule has 1 N–H and O–H groups in total. The largest absolute Gasteiger partial charge is 0.481 e. The van der Waals surface area contributed by atoms with Gasteiger partial charge in [-0.3, -0.25) is 9.48 Å². The van der Waals surface area contributed by atoms with E-state index < -0.39 is 11.6 Å². The molecule has 1 atom stereocenters. The zero-order chi connectivity index (χ0) is 17.9. The van der Waals surface area contributed by atoms with Gasteiger partial charge in [0.1, 0.15) is 5.82 Å². The van der Waals surface area contributed by atoms with E-state index in [1.165, 1.54) is 0 Å². The molecule has 0 unspecified atom stereocenters. The van der Waals surface area contributed by atoms with Crippen molar-refractivity contribution < 1.29 is 18.3 Å². The summed E-state index contributed by atoms with van der Waals surface area (Å²) in [6.45, 7) is 5.45. The lowest BCUT2D eigenvalue weighted by molar-refractivity contribution is -0.123. The quantitative estimate of drug-likeness (QED) is 0.881. The normalized spacial score (nSPS) is 12.1. The fraction of sp³-hybridized carbons (Fsp3) is 0.412. The minimum atomic E-state index is -0.836. The van der Waals surface area contributed by atoms with Gasteiger partial charge in [-0.2, -0.15) is 5.10 Å². The third-order valence-corrected chi connectivity index (χ3v) is 3.83. The highest BCUT2D eigenvalue weighted by Gasteiger charge is 2.15. The highest BCUT2D eigenvalue weighted by Crippen LogP contribution is 2.17. The topological polar surface area (TPSA) is 56.2 Å². The Bertz CT molecular complexity index is 744. The minimum Gasteiger partial charge on any atom is -0.481 e. The summed E-state index contributed by atoms with van der Waals surface area (Å²) in [7, 11) is 1.88. The smallest absolute Gasteiger partial charge is 0.258 e. The van der Waals surface area contributed by atoms with Gasteiger partial charge in [-0.1, -0.05) is 0 Å². The number of ether oxygens (including phenoxy) is 1. The van der Waals surface area contributed by atoms with Gasteiger partial charge in [0.15, 0.2) is 18.2 Å². The van der Waals surface area contributed by atoms with Crippen LogP contribution in [0.25, 0.3) is 0 Å². The molecule has 0 saturated heterocycles. The molecule has 0 aliphatic carbocycles. The maximum Gasteiger partial charge on any atom is 0.258 e. The van der Waals surface area contributed by atoms with Crippen molar-refractivity contribution in [3.63, 3.8) is 0 Å². The first-order valence-corrected chi connectivity index (χ1v) is 7.64. The van der Waals surface area contributed by atoms with Gasteiger partial charge in [0.2, 0.25) is 0 Å². The number of aryl methyl sites for hydroxylation is 2. The molecule has 0 spiro atoms. The minimum absolute atomic E-state index is 0.124. The van der Waals surface area contributed by atoms with E-state index in [9.17, 15) is 13.6 Å². The Balaban J connectivity index is 1.87. The van der Waals surface area contributed by atoms with Crippen molar-refractivity contribution in [2.45, 2.75) is 33.2 Å². The predicted octanol–water partition coefficient (Wildman–Crippen LogP) is 2.44. The molecule has 130 valence electrons. The molecule has 0 aliphatic heterocycles. The summed E-state index contributed by atoms with van der Waals surface area (Å²) >= 11 is 0. The van der Waals surface area contributed by atoms with E-state index in [0.717, 1.165) is 29.1 Å². The number of nitrogens with one attached hydrogen (secondary N) is 1. The van der Waals surface area contributed by atoms with Crippen LogP contribution in [0.4, 0.5) is 8.78 Å². The van der Waals surface area contributed by atoms with E-state index in [-0.39, 0.29) is 24.3 Å². The standard InChI is InChI=1S/C17H21F2N3O2/c1-10(7-14-11(2)21-22(4)12(14)3)20-17(23)9-24-16-6-5-13(18)8-15(16)19/h5-6,8,10H,7,9H2,1-4H3,(H,20,23)/t10-/m1/s1. The maximum atomic E-state index is 13.4. The number of hydrogen-bond acceptors (Lipinski definition) is 3. The molecule has 0 radical (unpaired) electrons. The number of hydrogen-bond donors (Lipinski definition) is 1. The van der Waals surface area contributed by atoms with E-state index in [1.807, 2.05) is 27.8 Å². The van der Waals surface area contributed by atoms with Gasteiger partial charge in [-0.15, -0.1) is 0 Å². The lowest BCUT2D eigenvalue weighted by Gasteiger charge is -2.15. The number of benzene rings is 1. The Morgan fingerprint density at radius 2 is 2.08 bits per heavy atom. The summed E-state index contributed by atoms with van der Waals surface area (Å²) in [6, 6.07) is 2.82. The SMILES string of the molecule is Cc1nn(C)c(C)c1C[C@@H](C)NC(=O)COc1ccc(F)cc1F. The van der Waals surface area contributed by atoms with Crippen LogP contribution in [0.15, 0.2) is 18.2 Å². The van der Waals surface area contributed by atoms with Crippen LogP contribution in [0.5, 0.6) is 5.75 Å². The molecule has 0 saturated carbocycles. The summed E-state index contributed by atoms with van der Waals surface area (Å²) in [5, 5.41) is 7.14. The molecule has 1 amide bonds. The van der Waals surface area contributed by atoms with Crippen molar-refractivity contribution in [3.05, 3.63) is 46.8 Å². The lowest BCUT2D eigenvalue weighted by Crippen LogP contribution is -2.37. The molecule has 0 aliphatic rings. The Labute approximate surface area is 139 Å². The monoisotopic (exact) mass is 337 g/mol. The number of aromatic nitrogens is 2. The van der Waals surface area contributed by atoms with Crippen LogP contribution in [0.1, 0.15) is 23.9 Å². The van der Waals surface area contributed by atoms with Crippen LogP contribution >= 0.6 is 0 Å². The Morgan fingerprint density at radius 3 is 2.67 bits per heavy atom. The van der Waals surface area contributed by atoms with Crippen molar-refractivity contribution in [1.82, 2.24) is 15.1 Å². The fourth-order valence-corrected chi connectivity index (χ4v) is 2.52. The first kappa shape index (κ1) is 17.9. The van der Waals surface area contributed by atoms with Crippen LogP contribution in [0.3, 0.4) is 0 Å². The number of nitrogens with zero attached hydrogens (tertiary/aromatic N) is 2. The summed E-state index contributed by atoms with van der Waals surface area (Å²) in [6.07, 6.45) is 0.641. The molecule has 1 heterocycles. The maximum absolute atomic E-state index is 13.4. The second-order valence-electron chi connectivity index (χ2n) is 5.81. The van der Waals surface area contributed by atoms with Crippen molar-refractivity contribution in [3.8, 4) is 5.75 Å². The zero-order valence-corrected chi connectivity index (χ0v) is 14.2. The summed E-state index contributed by atoms with van der Waals surface area (Å²) in [5.41, 5.74) is 3.08. The van der Waals surface area contributed by atoms with E-state index in [0.29, 0.717) is 12.5 Å². The number of carbonyl (C=O) groups is 1. The molecule has 0 bridgehead atoms. The van der Waals surface area contributed by atoms with E-state index in [1.54, 1.807) is 4.68 Å². The summed E-state index contributed by atoms with van der Waals surface area (Å²) < 4.78 is 33.1. The van der Waals surface area contributed by atoms with E-state index >= 15 is 0 Å². The van der Waals surface area contributed by atoms with Gasteiger partial charge >= 0.3 is 0 Å². The zero-order valence-electron chi connectivity index (χ0n) is 14.2. The average Bonchev–Trinajstić information content (AvgIpc) is 2.73. The second-order valence-corrected chi connectivity index (χ2v) is 5.81. The van der Waals surface area contributed by atoms with Crippen molar-refractivity contribution in [1.29, 1.82) is 0 Å². The summed E-state index contributed by atoms with van der Waals surface area (Å²) in [5.74, 6) is -2.05. The number of amides is 1. The number of carbonyl (C=O) groups excluding carboxylic acids is 1. The Hall–Kier alpha value is -2.44. The highest BCUT2D eigenvalue weighted by atomic mass is 19.1. The third-order valence-electron chi connectivity index (χ3n) is 3.83. The molecular weight excluding hydrogens is 316 g/mol. The molecule has 7 heteroatoms. The first-order chi connectivity index (χ1) is 11.3. The Kier molecular flexibility index (Phi) is 5.54. The predicted molar refractivity (Wildman–Crippen MR) is 85.8 cm³/mol. The third kappa shape index (κ3) is 4.31. The highest BCUT2D eigenvalue weighted by molar-refractivity contribution is 5.77. The molecule has 2 aromatic rings. The van der Waals surface area contributed by atoms with E-state index in [2.05, 4.69) is 10.4 Å². The average molecular weight is 337 g/mol. The van der Waals surface area contributed by atoms with Crippen LogP contribution in [-0.2, 0) is 18.3 Å². The molecule has 0 fully saturated rings. The lowest BCUT2D eigenvalue weighted by atomic mass is 10.1. The van der Waals surface area contributed by atoms with Crippen LogP contribution in [-0.4, -0.2) is 28.3 Å².